The summed E-state index contributed by atoms with van der Waals surface area (Å²) in [6, 6.07) is 0.456. The lowest BCUT2D eigenvalue weighted by atomic mass is 10.2. The minimum absolute atomic E-state index is 0.0967. The number of rotatable bonds is 6. The average Bonchev–Trinajstić information content (AvgIpc) is 2.92. The van der Waals surface area contributed by atoms with E-state index in [0.29, 0.717) is 38.8 Å². The van der Waals surface area contributed by atoms with Gasteiger partial charge < -0.3 is 20.1 Å². The van der Waals surface area contributed by atoms with E-state index >= 15 is 0 Å². The van der Waals surface area contributed by atoms with Gasteiger partial charge >= 0.3 is 0 Å². The molecule has 0 aromatic heterocycles. The first-order valence-corrected chi connectivity index (χ1v) is 7.65. The number of hydrogen-bond donors (Lipinski definition) is 2. The summed E-state index contributed by atoms with van der Waals surface area (Å²) in [4.78, 5) is 16.3. The van der Waals surface area contributed by atoms with E-state index in [4.69, 9.17) is 9.84 Å². The van der Waals surface area contributed by atoms with Gasteiger partial charge in [-0.05, 0) is 26.3 Å². The fourth-order valence-corrected chi connectivity index (χ4v) is 2.94. The Balaban J connectivity index is 1.81. The van der Waals surface area contributed by atoms with Crippen LogP contribution in [0.4, 0.5) is 0 Å². The highest BCUT2D eigenvalue weighted by molar-refractivity contribution is 5.78. The number of aliphatic hydroxyl groups excluding tert-OH is 1. The van der Waals surface area contributed by atoms with Crippen molar-refractivity contribution in [2.24, 2.45) is 0 Å². The molecule has 0 saturated carbocycles. The standard InChI is InChI=1S/C14H27N3O3/c1-12-9-17(6-8-20-12)14(19)11-16(5-7-18)10-13-3-2-4-15-13/h12-13,15,18H,2-11H2,1H3. The molecule has 6 nitrogen and oxygen atoms in total. The van der Waals surface area contributed by atoms with E-state index in [0.717, 1.165) is 19.5 Å². The summed E-state index contributed by atoms with van der Waals surface area (Å²) in [5.41, 5.74) is 0. The van der Waals surface area contributed by atoms with Crippen molar-refractivity contribution in [2.45, 2.75) is 31.9 Å². The molecule has 2 saturated heterocycles. The van der Waals surface area contributed by atoms with E-state index in [-0.39, 0.29) is 18.6 Å². The number of nitrogens with one attached hydrogen (secondary N) is 1. The zero-order chi connectivity index (χ0) is 14.4. The van der Waals surface area contributed by atoms with E-state index < -0.39 is 0 Å². The van der Waals surface area contributed by atoms with Crippen LogP contribution in [0, 0.1) is 0 Å². The Morgan fingerprint density at radius 2 is 2.40 bits per heavy atom. The Bertz CT molecular complexity index is 308. The predicted octanol–water partition coefficient (Wildman–Crippen LogP) is -0.720. The fourth-order valence-electron chi connectivity index (χ4n) is 2.94. The van der Waals surface area contributed by atoms with Crippen molar-refractivity contribution in [1.82, 2.24) is 15.1 Å². The number of hydrogen-bond acceptors (Lipinski definition) is 5. The van der Waals surface area contributed by atoms with Gasteiger partial charge in [0.1, 0.15) is 0 Å². The minimum Gasteiger partial charge on any atom is -0.395 e. The Labute approximate surface area is 121 Å². The quantitative estimate of drug-likeness (QED) is 0.674. The smallest absolute Gasteiger partial charge is 0.236 e. The van der Waals surface area contributed by atoms with Crippen molar-refractivity contribution in [1.29, 1.82) is 0 Å². The van der Waals surface area contributed by atoms with Crippen LogP contribution in [0.5, 0.6) is 0 Å². The van der Waals surface area contributed by atoms with Gasteiger partial charge in [0.25, 0.3) is 0 Å². The van der Waals surface area contributed by atoms with Crippen LogP contribution in [0.1, 0.15) is 19.8 Å². The summed E-state index contributed by atoms with van der Waals surface area (Å²) in [5, 5.41) is 12.6. The van der Waals surface area contributed by atoms with Gasteiger partial charge in [0.05, 0.1) is 25.9 Å². The van der Waals surface area contributed by atoms with Crippen molar-refractivity contribution < 1.29 is 14.6 Å². The molecule has 2 atom stereocenters. The average molecular weight is 285 g/mol. The van der Waals surface area contributed by atoms with Crippen LogP contribution < -0.4 is 5.32 Å². The maximum Gasteiger partial charge on any atom is 0.236 e. The number of aliphatic hydroxyl groups is 1. The molecule has 0 aliphatic carbocycles. The summed E-state index contributed by atoms with van der Waals surface area (Å²) >= 11 is 0. The molecule has 0 aromatic rings. The molecule has 0 radical (unpaired) electrons. The molecule has 1 amide bonds. The first-order chi connectivity index (χ1) is 9.69. The minimum atomic E-state index is 0.0967. The zero-order valence-corrected chi connectivity index (χ0v) is 12.4. The molecule has 0 spiro atoms. The normalized spacial score (nSPS) is 27.2. The number of nitrogens with zero attached hydrogens (tertiary/aromatic N) is 2. The molecule has 2 N–H and O–H groups in total. The maximum atomic E-state index is 12.3. The summed E-state index contributed by atoms with van der Waals surface area (Å²) in [6.07, 6.45) is 2.48. The van der Waals surface area contributed by atoms with Gasteiger partial charge in [-0.25, -0.2) is 0 Å². The van der Waals surface area contributed by atoms with E-state index in [1.807, 2.05) is 11.8 Å². The largest absolute Gasteiger partial charge is 0.395 e. The Morgan fingerprint density at radius 1 is 1.55 bits per heavy atom. The summed E-state index contributed by atoms with van der Waals surface area (Å²) in [6.45, 7) is 6.92. The van der Waals surface area contributed by atoms with Crippen LogP contribution in [-0.2, 0) is 9.53 Å². The summed E-state index contributed by atoms with van der Waals surface area (Å²) in [7, 11) is 0. The van der Waals surface area contributed by atoms with Gasteiger partial charge in [-0.2, -0.15) is 0 Å². The van der Waals surface area contributed by atoms with Crippen LogP contribution >= 0.6 is 0 Å². The topological polar surface area (TPSA) is 65.0 Å². The molecule has 0 bridgehead atoms. The van der Waals surface area contributed by atoms with Crippen molar-refractivity contribution in [2.75, 3.05) is 52.5 Å². The van der Waals surface area contributed by atoms with Gasteiger partial charge in [-0.3, -0.25) is 9.69 Å². The second-order valence-electron chi connectivity index (χ2n) is 5.77. The molecule has 2 aliphatic rings. The number of carbonyl (C=O) groups is 1. The highest BCUT2D eigenvalue weighted by atomic mass is 16.5. The molecule has 2 heterocycles. The van der Waals surface area contributed by atoms with Gasteiger partial charge in [0, 0.05) is 32.2 Å². The van der Waals surface area contributed by atoms with Crippen LogP contribution in [0.3, 0.4) is 0 Å². The number of morpholine rings is 1. The molecule has 2 aliphatic heterocycles. The van der Waals surface area contributed by atoms with Crippen LogP contribution in [-0.4, -0.2) is 85.4 Å². The van der Waals surface area contributed by atoms with Crippen LogP contribution in [0.25, 0.3) is 0 Å². The third kappa shape index (κ3) is 4.70. The fraction of sp³-hybridized carbons (Fsp3) is 0.929. The highest BCUT2D eigenvalue weighted by Crippen LogP contribution is 2.09. The summed E-state index contributed by atoms with van der Waals surface area (Å²) < 4.78 is 5.46. The molecule has 2 rings (SSSR count). The number of carbonyl (C=O) groups excluding carboxylic acids is 1. The van der Waals surface area contributed by atoms with E-state index in [1.54, 1.807) is 0 Å². The molecular weight excluding hydrogens is 258 g/mol. The lowest BCUT2D eigenvalue weighted by Gasteiger charge is -2.33. The number of ether oxygens (including phenoxy) is 1. The Hall–Kier alpha value is -0.690. The van der Waals surface area contributed by atoms with E-state index in [1.165, 1.54) is 6.42 Å². The lowest BCUT2D eigenvalue weighted by molar-refractivity contribution is -0.139. The Morgan fingerprint density at radius 3 is 3.05 bits per heavy atom. The highest BCUT2D eigenvalue weighted by Gasteiger charge is 2.24. The second kappa shape index (κ2) is 7.93. The maximum absolute atomic E-state index is 12.3. The lowest BCUT2D eigenvalue weighted by Crippen LogP contribution is -2.50. The first-order valence-electron chi connectivity index (χ1n) is 7.65. The second-order valence-corrected chi connectivity index (χ2v) is 5.77. The molecule has 116 valence electrons. The molecule has 0 aromatic carbocycles. The third-order valence-corrected chi connectivity index (χ3v) is 4.01. The predicted molar refractivity (Wildman–Crippen MR) is 76.5 cm³/mol. The Kier molecular flexibility index (Phi) is 6.22. The van der Waals surface area contributed by atoms with E-state index in [2.05, 4.69) is 10.2 Å². The molecule has 6 heteroatoms. The third-order valence-electron chi connectivity index (χ3n) is 4.01. The van der Waals surface area contributed by atoms with Crippen LogP contribution in [0.15, 0.2) is 0 Å². The van der Waals surface area contributed by atoms with Crippen molar-refractivity contribution in [3.63, 3.8) is 0 Å². The zero-order valence-electron chi connectivity index (χ0n) is 12.4. The molecular formula is C14H27N3O3. The van der Waals surface area contributed by atoms with Gasteiger partial charge in [0.15, 0.2) is 0 Å². The van der Waals surface area contributed by atoms with E-state index in [9.17, 15) is 4.79 Å². The van der Waals surface area contributed by atoms with Crippen molar-refractivity contribution in [3.05, 3.63) is 0 Å². The number of amides is 1. The molecule has 2 unspecified atom stereocenters. The summed E-state index contributed by atoms with van der Waals surface area (Å²) in [5.74, 6) is 0.145. The monoisotopic (exact) mass is 285 g/mol. The van der Waals surface area contributed by atoms with Crippen molar-refractivity contribution in [3.8, 4) is 0 Å². The SMILES string of the molecule is CC1CN(C(=O)CN(CCO)CC2CCCN2)CCO1. The van der Waals surface area contributed by atoms with Gasteiger partial charge in [-0.1, -0.05) is 0 Å². The molecule has 20 heavy (non-hydrogen) atoms. The molecule has 2 fully saturated rings. The van der Waals surface area contributed by atoms with Crippen LogP contribution in [0.2, 0.25) is 0 Å². The van der Waals surface area contributed by atoms with Crippen molar-refractivity contribution >= 4 is 5.91 Å². The van der Waals surface area contributed by atoms with Gasteiger partial charge in [-0.15, -0.1) is 0 Å². The van der Waals surface area contributed by atoms with Gasteiger partial charge in [0.2, 0.25) is 5.91 Å². The first kappa shape index (κ1) is 15.7.